The summed E-state index contributed by atoms with van der Waals surface area (Å²) in [5, 5.41) is 11.4. The van der Waals surface area contributed by atoms with Gasteiger partial charge in [0.2, 0.25) is 0 Å². The Morgan fingerprint density at radius 1 is 1.11 bits per heavy atom. The Morgan fingerprint density at radius 2 is 1.83 bits per heavy atom. The summed E-state index contributed by atoms with van der Waals surface area (Å²) >= 11 is 4.29. The molecule has 8 N–H and O–H groups in total. The Hall–Kier alpha value is -3.81. The number of anilines is 2. The van der Waals surface area contributed by atoms with E-state index in [1.54, 1.807) is 12.3 Å². The molecule has 12 heteroatoms. The Labute approximate surface area is 277 Å². The van der Waals surface area contributed by atoms with E-state index in [1.165, 1.54) is 0 Å². The molecule has 2 aromatic carbocycles. The molecule has 0 atom stereocenters. The number of likely N-dealkylation sites (N-methyl/N-ethyl adjacent to an activating group) is 1. The number of amides is 1. The topological polar surface area (TPSA) is 157 Å². The van der Waals surface area contributed by atoms with Crippen molar-refractivity contribution >= 4 is 46.6 Å². The molecule has 11 nitrogen and oxygen atoms in total. The summed E-state index contributed by atoms with van der Waals surface area (Å²) < 4.78 is 11.3. The van der Waals surface area contributed by atoms with Crippen molar-refractivity contribution in [2.24, 2.45) is 11.7 Å². The van der Waals surface area contributed by atoms with Crippen molar-refractivity contribution in [2.75, 3.05) is 70.3 Å². The average Bonchev–Trinajstić information content (AvgIpc) is 3.55. The largest absolute Gasteiger partial charge is 0.455 e. The second-order valence-electron chi connectivity index (χ2n) is 10.8. The number of aliphatic hydroxyl groups is 1. The van der Waals surface area contributed by atoms with E-state index in [2.05, 4.69) is 50.5 Å². The van der Waals surface area contributed by atoms with Crippen molar-refractivity contribution in [1.29, 1.82) is 0 Å². The Bertz CT molecular complexity index is 1500. The van der Waals surface area contributed by atoms with Crippen molar-refractivity contribution in [2.45, 2.75) is 31.6 Å². The van der Waals surface area contributed by atoms with Gasteiger partial charge in [-0.15, -0.1) is 12.6 Å². The van der Waals surface area contributed by atoms with Crippen LogP contribution in [0, 0.1) is 5.92 Å². The number of H-pyrrole nitrogens is 1. The van der Waals surface area contributed by atoms with Gasteiger partial charge in [-0.1, -0.05) is 13.8 Å². The fourth-order valence-electron chi connectivity index (χ4n) is 5.12. The normalized spacial score (nSPS) is 15.0. The van der Waals surface area contributed by atoms with Crippen molar-refractivity contribution in [1.82, 2.24) is 14.9 Å². The van der Waals surface area contributed by atoms with Crippen LogP contribution < -0.4 is 26.4 Å². The van der Waals surface area contributed by atoms with Crippen LogP contribution in [-0.4, -0.2) is 86.0 Å². The van der Waals surface area contributed by atoms with E-state index in [0.717, 1.165) is 105 Å². The van der Waals surface area contributed by atoms with Crippen LogP contribution in [0.5, 0.6) is 11.5 Å². The number of primary amides is 1. The quantitative estimate of drug-likeness (QED) is 0.159. The van der Waals surface area contributed by atoms with Crippen LogP contribution in [0.3, 0.4) is 0 Å². The summed E-state index contributed by atoms with van der Waals surface area (Å²) in [6, 6.07) is 15.4. The summed E-state index contributed by atoms with van der Waals surface area (Å²) in [6.45, 7) is 10.7. The number of pyridine rings is 1. The Kier molecular flexibility index (Phi) is 15.1. The summed E-state index contributed by atoms with van der Waals surface area (Å²) in [7, 11) is 3.12. The highest BCUT2D eigenvalue weighted by Gasteiger charge is 2.18. The number of nitrogens with two attached hydrogens (primary N) is 1. The number of nitrogens with zero attached hydrogens (tertiary/aromatic N) is 3. The first kappa shape index (κ1) is 36.7. The van der Waals surface area contributed by atoms with Gasteiger partial charge in [0.1, 0.15) is 17.1 Å². The van der Waals surface area contributed by atoms with Crippen LogP contribution in [0.2, 0.25) is 0 Å². The van der Waals surface area contributed by atoms with E-state index in [0.29, 0.717) is 17.1 Å². The zero-order chi connectivity index (χ0) is 33.5. The number of fused-ring (bicyclic) bond motifs is 1. The monoisotopic (exact) mass is 652 g/mol. The summed E-state index contributed by atoms with van der Waals surface area (Å²) in [6.07, 6.45) is 5.77. The molecule has 6 rings (SSSR count). The molecule has 0 saturated carbocycles. The smallest absolute Gasteiger partial charge is 0.252 e. The Balaban J connectivity index is 0.000000247. The highest BCUT2D eigenvalue weighted by molar-refractivity contribution is 7.80. The van der Waals surface area contributed by atoms with Crippen LogP contribution in [0.25, 0.3) is 11.0 Å². The van der Waals surface area contributed by atoms with Crippen LogP contribution in [0.1, 0.15) is 37.0 Å². The third-order valence-corrected chi connectivity index (χ3v) is 7.99. The Morgan fingerprint density at radius 3 is 2.50 bits per heavy atom. The number of piperazine rings is 1. The number of rotatable bonds is 7. The van der Waals surface area contributed by atoms with E-state index in [9.17, 15) is 4.79 Å². The fraction of sp³-hybridized carbons (Fsp3) is 0.412. The standard InChI is InChI=1S/C19H21N5O2.C12H18N2OS.C2H6.CH4O/c1-23-6-8-24(9-7-23)14-2-3-16(18(20)25)17(11-14)26-15-10-13-4-5-21-19(13)22-12-15;13-11-7-10(16)1-2-12(11)14-8-9-3-5-15-6-4-9;2*1-2/h2-5,10-12H,6-9H2,1H3,(H2,20,25)(H,21,22);1-2,7,9,14,16H,3-6,8,13H2;1-2H3;2H,1H3/p+1. The summed E-state index contributed by atoms with van der Waals surface area (Å²) in [5.74, 6) is 1.23. The zero-order valence-electron chi connectivity index (χ0n) is 27.5. The number of aliphatic hydroxyl groups excluding tert-OH is 1. The lowest BCUT2D eigenvalue weighted by molar-refractivity contribution is -0.253. The van der Waals surface area contributed by atoms with Crippen molar-refractivity contribution in [3.05, 3.63) is 66.5 Å². The lowest BCUT2D eigenvalue weighted by Crippen LogP contribution is -2.44. The van der Waals surface area contributed by atoms with Crippen molar-refractivity contribution in [3.8, 4) is 11.5 Å². The minimum atomic E-state index is -0.513. The second kappa shape index (κ2) is 19.0. The molecule has 0 aliphatic carbocycles. The molecule has 2 saturated heterocycles. The summed E-state index contributed by atoms with van der Waals surface area (Å²) in [5.41, 5.74) is 13.8. The molecule has 2 aliphatic rings. The van der Waals surface area contributed by atoms with Crippen LogP contribution >= 0.6 is 12.6 Å². The van der Waals surface area contributed by atoms with Crippen LogP contribution in [-0.2, 0) is 4.74 Å². The third-order valence-electron chi connectivity index (χ3n) is 7.71. The predicted molar refractivity (Wildman–Crippen MR) is 189 cm³/mol. The van der Waals surface area contributed by atoms with Gasteiger partial charge in [-0.05, 0) is 62.2 Å². The van der Waals surface area contributed by atoms with E-state index in [-0.39, 0.29) is 0 Å². The first-order chi connectivity index (χ1) is 22.4. The number of quaternary nitrogens is 1. The molecule has 250 valence electrons. The minimum Gasteiger partial charge on any atom is -0.455 e. The molecular weight excluding hydrogens is 602 g/mol. The highest BCUT2D eigenvalue weighted by atomic mass is 32.1. The molecule has 4 aromatic rings. The van der Waals surface area contributed by atoms with Gasteiger partial charge in [0, 0.05) is 87.3 Å². The maximum absolute atomic E-state index is 11.8. The van der Waals surface area contributed by atoms with E-state index < -0.39 is 5.91 Å². The molecular formula is C34H50N7O4S+. The zero-order valence-corrected chi connectivity index (χ0v) is 28.4. The number of nitrogens with one attached hydrogen (secondary N) is 2. The van der Waals surface area contributed by atoms with Gasteiger partial charge >= 0.3 is 0 Å². The molecule has 0 unspecified atom stereocenters. The average molecular weight is 653 g/mol. The highest BCUT2D eigenvalue weighted by Crippen LogP contribution is 2.31. The van der Waals surface area contributed by atoms with Crippen LogP contribution in [0.4, 0.5) is 17.1 Å². The van der Waals surface area contributed by atoms with E-state index >= 15 is 0 Å². The van der Waals surface area contributed by atoms with Gasteiger partial charge in [0.05, 0.1) is 17.4 Å². The molecule has 2 fully saturated rings. The number of ether oxygens (including phenoxy) is 2. The first-order valence-electron chi connectivity index (χ1n) is 15.8. The molecule has 1 amide bonds. The van der Waals surface area contributed by atoms with Crippen molar-refractivity contribution < 1.29 is 25.1 Å². The van der Waals surface area contributed by atoms with Crippen LogP contribution in [0.15, 0.2) is 65.8 Å². The molecule has 0 spiro atoms. The number of carbonyl (C=O) groups is 1. The lowest BCUT2D eigenvalue weighted by Gasteiger charge is -2.34. The van der Waals surface area contributed by atoms with Gasteiger partial charge in [-0.3, -0.25) is 4.79 Å². The first-order valence-corrected chi connectivity index (χ1v) is 16.2. The molecule has 0 bridgehead atoms. The predicted octanol–water partition coefficient (Wildman–Crippen LogP) is 4.53. The van der Waals surface area contributed by atoms with Gasteiger partial charge < -0.3 is 46.1 Å². The number of aromatic nitrogens is 2. The number of benzene rings is 2. The molecule has 0 radical (unpaired) electrons. The summed E-state index contributed by atoms with van der Waals surface area (Å²) in [4.78, 5) is 24.7. The van der Waals surface area contributed by atoms with Crippen molar-refractivity contribution in [3.63, 3.8) is 0 Å². The van der Waals surface area contributed by atoms with Gasteiger partial charge in [-0.25, -0.2) is 4.98 Å². The number of carbonyl (C=O) groups excluding carboxylic acids is 1. The second-order valence-corrected chi connectivity index (χ2v) is 11.3. The SMILES string of the molecule is CC.CN1CCN(c2ccc(C(N)=O)c(Oc3cnc4[nH]ccc4c3)c2)CC1.CO.[NH3+]c1cc(S)ccc1NCC1CCOCC1. The third kappa shape index (κ3) is 10.6. The van der Waals surface area contributed by atoms with E-state index in [1.807, 2.05) is 62.5 Å². The number of hydrogen-bond donors (Lipinski definition) is 6. The molecule has 2 aliphatic heterocycles. The van der Waals surface area contributed by atoms with Gasteiger partial charge in [0.25, 0.3) is 5.91 Å². The minimum absolute atomic E-state index is 0.358. The lowest BCUT2D eigenvalue weighted by atomic mass is 10.0. The molecule has 2 aromatic heterocycles. The molecule has 4 heterocycles. The fourth-order valence-corrected chi connectivity index (χ4v) is 5.35. The number of aromatic amines is 1. The number of hydrogen-bond acceptors (Lipinski definition) is 9. The molecule has 46 heavy (non-hydrogen) atoms. The van der Waals surface area contributed by atoms with E-state index in [4.69, 9.17) is 20.3 Å². The maximum Gasteiger partial charge on any atom is 0.252 e. The van der Waals surface area contributed by atoms with Gasteiger partial charge in [0.15, 0.2) is 5.69 Å². The number of thiol groups is 1. The van der Waals surface area contributed by atoms with Gasteiger partial charge in [-0.2, -0.15) is 0 Å². The maximum atomic E-state index is 11.8.